The number of rotatable bonds is 9. The summed E-state index contributed by atoms with van der Waals surface area (Å²) < 4.78 is 10.6. The fraction of sp³-hybridized carbons (Fsp3) is 0.467. The maximum atomic E-state index is 6.19. The van der Waals surface area contributed by atoms with Gasteiger partial charge < -0.3 is 14.8 Å². The lowest BCUT2D eigenvalue weighted by Gasteiger charge is -2.10. The Bertz CT molecular complexity index is 407. The summed E-state index contributed by atoms with van der Waals surface area (Å²) in [4.78, 5) is 0. The highest BCUT2D eigenvalue weighted by atomic mass is 35.5. The lowest BCUT2D eigenvalue weighted by atomic mass is 10.2. The molecule has 0 atom stereocenters. The molecule has 0 amide bonds. The largest absolute Gasteiger partial charge is 0.488 e. The normalized spacial score (nSPS) is 10.5. The summed E-state index contributed by atoms with van der Waals surface area (Å²) in [6, 6.07) is 5.83. The number of hydrogen-bond acceptors (Lipinski definition) is 3. The van der Waals surface area contributed by atoms with Crippen molar-refractivity contribution in [2.24, 2.45) is 0 Å². The smallest absolute Gasteiger partial charge is 0.138 e. The summed E-state index contributed by atoms with van der Waals surface area (Å²) in [6.07, 6.45) is 0.916. The molecule has 1 rings (SSSR count). The van der Waals surface area contributed by atoms with Gasteiger partial charge in [0.1, 0.15) is 12.4 Å². The van der Waals surface area contributed by atoms with Crippen molar-refractivity contribution in [3.63, 3.8) is 0 Å². The Labute approximate surface area is 120 Å². The van der Waals surface area contributed by atoms with Crippen LogP contribution < -0.4 is 10.1 Å². The highest BCUT2D eigenvalue weighted by molar-refractivity contribution is 6.32. The third-order valence-electron chi connectivity index (χ3n) is 2.74. The Balaban J connectivity index is 2.47. The van der Waals surface area contributed by atoms with Crippen molar-refractivity contribution in [2.75, 3.05) is 26.9 Å². The highest BCUT2D eigenvalue weighted by Gasteiger charge is 2.03. The molecule has 0 aromatic heterocycles. The predicted octanol–water partition coefficient (Wildman–Crippen LogP) is 3.42. The van der Waals surface area contributed by atoms with E-state index < -0.39 is 0 Å². The molecular formula is C15H22ClNO2. The molecule has 1 aromatic rings. The van der Waals surface area contributed by atoms with Gasteiger partial charge in [-0.25, -0.2) is 0 Å². The highest BCUT2D eigenvalue weighted by Crippen LogP contribution is 2.25. The molecule has 0 aliphatic carbocycles. The minimum Gasteiger partial charge on any atom is -0.488 e. The van der Waals surface area contributed by atoms with Gasteiger partial charge in [-0.15, -0.1) is 0 Å². The Kier molecular flexibility index (Phi) is 7.56. The summed E-state index contributed by atoms with van der Waals surface area (Å²) in [7, 11) is 1.69. The second-order valence-corrected chi connectivity index (χ2v) is 4.73. The monoisotopic (exact) mass is 283 g/mol. The summed E-state index contributed by atoms with van der Waals surface area (Å²) in [5.41, 5.74) is 2.18. The maximum absolute atomic E-state index is 6.19. The fourth-order valence-corrected chi connectivity index (χ4v) is 1.72. The minimum atomic E-state index is 0.516. The molecule has 0 aliphatic heterocycles. The third-order valence-corrected chi connectivity index (χ3v) is 3.04. The minimum absolute atomic E-state index is 0.516. The van der Waals surface area contributed by atoms with E-state index in [-0.39, 0.29) is 0 Å². The molecule has 0 radical (unpaired) electrons. The van der Waals surface area contributed by atoms with Crippen LogP contribution in [-0.4, -0.2) is 26.9 Å². The van der Waals surface area contributed by atoms with E-state index >= 15 is 0 Å². The number of hydrogen-bond donors (Lipinski definition) is 1. The van der Waals surface area contributed by atoms with Crippen molar-refractivity contribution in [2.45, 2.75) is 19.9 Å². The molecule has 1 N–H and O–H groups in total. The van der Waals surface area contributed by atoms with Gasteiger partial charge in [0.15, 0.2) is 0 Å². The maximum Gasteiger partial charge on any atom is 0.138 e. The summed E-state index contributed by atoms with van der Waals surface area (Å²) >= 11 is 6.19. The number of benzene rings is 1. The van der Waals surface area contributed by atoms with E-state index in [0.717, 1.165) is 30.6 Å². The standard InChI is InChI=1S/C15H22ClNO2/c1-4-12(2)11-19-15-6-5-13(9-14(15)16)10-17-7-8-18-3/h5-6,9,17H,2,4,7-8,10-11H2,1,3H3. The second kappa shape index (κ2) is 8.97. The first kappa shape index (κ1) is 16.0. The van der Waals surface area contributed by atoms with Gasteiger partial charge in [0.25, 0.3) is 0 Å². The second-order valence-electron chi connectivity index (χ2n) is 4.33. The molecule has 0 aliphatic rings. The summed E-state index contributed by atoms with van der Waals surface area (Å²) in [5, 5.41) is 3.90. The van der Waals surface area contributed by atoms with Crippen molar-refractivity contribution in [1.82, 2.24) is 5.32 Å². The van der Waals surface area contributed by atoms with Gasteiger partial charge in [0, 0.05) is 20.2 Å². The molecule has 19 heavy (non-hydrogen) atoms. The van der Waals surface area contributed by atoms with Gasteiger partial charge in [0.05, 0.1) is 11.6 Å². The Morgan fingerprint density at radius 1 is 1.42 bits per heavy atom. The first-order chi connectivity index (χ1) is 9.17. The molecule has 106 valence electrons. The van der Waals surface area contributed by atoms with Crippen LogP contribution in [0.2, 0.25) is 5.02 Å². The van der Waals surface area contributed by atoms with Gasteiger partial charge in [-0.3, -0.25) is 0 Å². The average Bonchev–Trinajstić information content (AvgIpc) is 2.42. The zero-order chi connectivity index (χ0) is 14.1. The van der Waals surface area contributed by atoms with Crippen LogP contribution >= 0.6 is 11.6 Å². The molecule has 3 nitrogen and oxygen atoms in total. The molecule has 0 heterocycles. The van der Waals surface area contributed by atoms with Crippen molar-refractivity contribution in [1.29, 1.82) is 0 Å². The van der Waals surface area contributed by atoms with Crippen LogP contribution in [0.1, 0.15) is 18.9 Å². The number of nitrogens with one attached hydrogen (secondary N) is 1. The zero-order valence-corrected chi connectivity index (χ0v) is 12.4. The third kappa shape index (κ3) is 6.10. The van der Waals surface area contributed by atoms with E-state index in [1.165, 1.54) is 0 Å². The first-order valence-corrected chi connectivity index (χ1v) is 6.82. The van der Waals surface area contributed by atoms with Gasteiger partial charge in [-0.1, -0.05) is 31.2 Å². The number of ether oxygens (including phenoxy) is 2. The molecule has 0 saturated carbocycles. The van der Waals surface area contributed by atoms with Gasteiger partial charge in [0.2, 0.25) is 0 Å². The van der Waals surface area contributed by atoms with Gasteiger partial charge in [-0.05, 0) is 29.7 Å². The first-order valence-electron chi connectivity index (χ1n) is 6.45. The van der Waals surface area contributed by atoms with E-state index in [0.29, 0.717) is 24.0 Å². The van der Waals surface area contributed by atoms with Crippen LogP contribution in [0.15, 0.2) is 30.4 Å². The Morgan fingerprint density at radius 2 is 2.21 bits per heavy atom. The lowest BCUT2D eigenvalue weighted by molar-refractivity contribution is 0.199. The Morgan fingerprint density at radius 3 is 2.84 bits per heavy atom. The van der Waals surface area contributed by atoms with E-state index in [9.17, 15) is 0 Å². The van der Waals surface area contributed by atoms with E-state index in [1.54, 1.807) is 7.11 Å². The van der Waals surface area contributed by atoms with Crippen molar-refractivity contribution < 1.29 is 9.47 Å². The summed E-state index contributed by atoms with van der Waals surface area (Å²) in [5.74, 6) is 0.705. The molecule has 0 bridgehead atoms. The van der Waals surface area contributed by atoms with Crippen LogP contribution in [-0.2, 0) is 11.3 Å². The SMILES string of the molecule is C=C(CC)COc1ccc(CNCCOC)cc1Cl. The quantitative estimate of drug-likeness (QED) is 0.556. The van der Waals surface area contributed by atoms with Crippen LogP contribution in [0.3, 0.4) is 0 Å². The molecule has 0 unspecified atom stereocenters. The van der Waals surface area contributed by atoms with E-state index in [4.69, 9.17) is 21.1 Å². The van der Waals surface area contributed by atoms with E-state index in [1.807, 2.05) is 18.2 Å². The zero-order valence-electron chi connectivity index (χ0n) is 11.7. The van der Waals surface area contributed by atoms with Crippen LogP contribution in [0, 0.1) is 0 Å². The molecule has 4 heteroatoms. The predicted molar refractivity (Wildman–Crippen MR) is 80.0 cm³/mol. The molecule has 0 saturated heterocycles. The van der Waals surface area contributed by atoms with Crippen molar-refractivity contribution in [3.05, 3.63) is 40.9 Å². The van der Waals surface area contributed by atoms with Gasteiger partial charge in [-0.2, -0.15) is 0 Å². The number of halogens is 1. The average molecular weight is 284 g/mol. The van der Waals surface area contributed by atoms with Gasteiger partial charge >= 0.3 is 0 Å². The fourth-order valence-electron chi connectivity index (χ4n) is 1.46. The number of methoxy groups -OCH3 is 1. The topological polar surface area (TPSA) is 30.5 Å². The van der Waals surface area contributed by atoms with Crippen molar-refractivity contribution in [3.8, 4) is 5.75 Å². The molecule has 1 aromatic carbocycles. The molecule has 0 fully saturated rings. The molecular weight excluding hydrogens is 262 g/mol. The Hall–Kier alpha value is -1.03. The van der Waals surface area contributed by atoms with Crippen LogP contribution in [0.25, 0.3) is 0 Å². The van der Waals surface area contributed by atoms with Crippen LogP contribution in [0.5, 0.6) is 5.75 Å². The lowest BCUT2D eigenvalue weighted by Crippen LogP contribution is -2.18. The summed E-state index contributed by atoms with van der Waals surface area (Å²) in [6.45, 7) is 8.77. The molecule has 0 spiro atoms. The van der Waals surface area contributed by atoms with Crippen molar-refractivity contribution >= 4 is 11.6 Å². The van der Waals surface area contributed by atoms with E-state index in [2.05, 4.69) is 18.8 Å². The van der Waals surface area contributed by atoms with Crippen LogP contribution in [0.4, 0.5) is 0 Å².